The average Bonchev–Trinajstić information content (AvgIpc) is 2.04. The summed E-state index contributed by atoms with van der Waals surface area (Å²) in [7, 11) is 2.11. The first-order valence-corrected chi connectivity index (χ1v) is 5.76. The van der Waals surface area contributed by atoms with Gasteiger partial charge >= 0.3 is 0 Å². The van der Waals surface area contributed by atoms with Crippen molar-refractivity contribution in [2.75, 3.05) is 6.51 Å². The fraction of sp³-hybridized carbons (Fsp3) is 1.00. The maximum atomic E-state index is 5.83. The van der Waals surface area contributed by atoms with Crippen molar-refractivity contribution in [3.63, 3.8) is 0 Å². The Morgan fingerprint density at radius 2 is 2.08 bits per heavy atom. The fourth-order valence-corrected chi connectivity index (χ4v) is 2.52. The molecule has 0 radical (unpaired) electrons. The Labute approximate surface area is 83.6 Å². The van der Waals surface area contributed by atoms with Crippen molar-refractivity contribution < 1.29 is 4.74 Å². The van der Waals surface area contributed by atoms with Crippen LogP contribution in [0.15, 0.2) is 0 Å². The molecule has 13 heavy (non-hydrogen) atoms. The van der Waals surface area contributed by atoms with Gasteiger partial charge in [-0.15, -0.1) is 0 Å². The maximum Gasteiger partial charge on any atom is 0.135 e. The topological polar surface area (TPSA) is 9.23 Å². The zero-order valence-electron chi connectivity index (χ0n) is 9.55. The highest BCUT2D eigenvalue weighted by Crippen LogP contribution is 2.34. The number of hydrogen-bond donors (Lipinski definition) is 0. The van der Waals surface area contributed by atoms with Crippen molar-refractivity contribution in [1.29, 1.82) is 0 Å². The van der Waals surface area contributed by atoms with Gasteiger partial charge in [-0.3, -0.25) is 0 Å². The summed E-state index contributed by atoms with van der Waals surface area (Å²) in [5, 5.41) is 0. The lowest BCUT2D eigenvalue weighted by Gasteiger charge is -2.37. The van der Waals surface area contributed by atoms with Crippen LogP contribution in [0.25, 0.3) is 0 Å². The van der Waals surface area contributed by atoms with Crippen molar-refractivity contribution in [3.8, 4) is 0 Å². The average molecular weight is 182 g/mol. The summed E-state index contributed by atoms with van der Waals surface area (Å²) in [4.78, 5) is 0. The molecular weight excluding hydrogens is 159 g/mol. The molecule has 0 amide bonds. The Morgan fingerprint density at radius 1 is 1.38 bits per heavy atom. The quantitative estimate of drug-likeness (QED) is 0.607. The predicted molar refractivity (Wildman–Crippen MR) is 59.6 cm³/mol. The zero-order valence-corrected chi connectivity index (χ0v) is 9.55. The van der Waals surface area contributed by atoms with E-state index in [1.807, 2.05) is 0 Å². The van der Waals surface area contributed by atoms with Gasteiger partial charge in [-0.05, 0) is 30.6 Å². The van der Waals surface area contributed by atoms with Crippen LogP contribution in [0.4, 0.5) is 0 Å². The summed E-state index contributed by atoms with van der Waals surface area (Å²) in [5.74, 6) is 2.45. The smallest absolute Gasteiger partial charge is 0.135 e. The SMILES string of the molecule is BCOC1CC(C)CCC1C(C)C. The molecule has 3 atom stereocenters. The van der Waals surface area contributed by atoms with Crippen LogP contribution in [0.2, 0.25) is 0 Å². The third-order valence-corrected chi connectivity index (χ3v) is 3.34. The van der Waals surface area contributed by atoms with Gasteiger partial charge < -0.3 is 4.74 Å². The van der Waals surface area contributed by atoms with E-state index in [0.717, 1.165) is 24.3 Å². The zero-order chi connectivity index (χ0) is 9.84. The monoisotopic (exact) mass is 182 g/mol. The lowest BCUT2D eigenvalue weighted by molar-refractivity contribution is -0.0189. The van der Waals surface area contributed by atoms with Crippen molar-refractivity contribution in [3.05, 3.63) is 0 Å². The van der Waals surface area contributed by atoms with E-state index in [-0.39, 0.29) is 0 Å². The molecule has 1 rings (SSSR count). The minimum Gasteiger partial charge on any atom is -0.387 e. The van der Waals surface area contributed by atoms with Crippen molar-refractivity contribution in [2.24, 2.45) is 17.8 Å². The van der Waals surface area contributed by atoms with Gasteiger partial charge in [0.15, 0.2) is 0 Å². The van der Waals surface area contributed by atoms with E-state index in [4.69, 9.17) is 4.74 Å². The van der Waals surface area contributed by atoms with Gasteiger partial charge in [0.05, 0.1) is 6.10 Å². The molecule has 1 aliphatic rings. The van der Waals surface area contributed by atoms with E-state index in [9.17, 15) is 0 Å². The van der Waals surface area contributed by atoms with Crippen LogP contribution in [-0.2, 0) is 4.74 Å². The second kappa shape index (κ2) is 5.04. The molecule has 0 N–H and O–H groups in total. The summed E-state index contributed by atoms with van der Waals surface area (Å²) in [5.41, 5.74) is 0. The molecule has 2 heteroatoms. The van der Waals surface area contributed by atoms with Crippen LogP contribution in [0.5, 0.6) is 0 Å². The van der Waals surface area contributed by atoms with Crippen molar-refractivity contribution >= 4 is 7.85 Å². The third kappa shape index (κ3) is 3.01. The molecule has 0 aromatic carbocycles. The molecule has 0 aromatic rings. The molecule has 0 saturated heterocycles. The molecule has 0 aliphatic heterocycles. The normalized spacial score (nSPS) is 35.2. The first-order valence-electron chi connectivity index (χ1n) is 5.76. The molecule has 76 valence electrons. The molecule has 1 aliphatic carbocycles. The molecule has 1 saturated carbocycles. The van der Waals surface area contributed by atoms with E-state index in [1.54, 1.807) is 0 Å². The van der Waals surface area contributed by atoms with Crippen LogP contribution >= 0.6 is 0 Å². The minimum atomic E-state index is 0.536. The van der Waals surface area contributed by atoms with Crippen LogP contribution in [0, 0.1) is 17.8 Å². The summed E-state index contributed by atoms with van der Waals surface area (Å²) in [6.45, 7) is 7.88. The molecule has 1 nitrogen and oxygen atoms in total. The standard InChI is InChI=1S/C11H23BO/c1-8(2)10-5-4-9(3)6-11(10)13-7-12/h8-11H,4-7,12H2,1-3H3. The Balaban J connectivity index is 2.50. The minimum absolute atomic E-state index is 0.536. The molecule has 1 fully saturated rings. The summed E-state index contributed by atoms with van der Waals surface area (Å²) in [6.07, 6.45) is 4.57. The van der Waals surface area contributed by atoms with Crippen LogP contribution in [0.1, 0.15) is 40.0 Å². The van der Waals surface area contributed by atoms with E-state index < -0.39 is 0 Å². The van der Waals surface area contributed by atoms with Gasteiger partial charge in [0, 0.05) is 6.51 Å². The lowest BCUT2D eigenvalue weighted by Crippen LogP contribution is -2.34. The van der Waals surface area contributed by atoms with E-state index in [2.05, 4.69) is 28.6 Å². The largest absolute Gasteiger partial charge is 0.387 e. The highest BCUT2D eigenvalue weighted by atomic mass is 16.5. The Morgan fingerprint density at radius 3 is 2.62 bits per heavy atom. The van der Waals surface area contributed by atoms with Crippen LogP contribution in [-0.4, -0.2) is 20.5 Å². The molecule has 0 bridgehead atoms. The van der Waals surface area contributed by atoms with Gasteiger partial charge in [-0.25, -0.2) is 0 Å². The van der Waals surface area contributed by atoms with Gasteiger partial charge in [0.2, 0.25) is 0 Å². The Hall–Kier alpha value is 0.0249. The van der Waals surface area contributed by atoms with Crippen LogP contribution in [0.3, 0.4) is 0 Å². The molecule has 0 spiro atoms. The molecule has 3 unspecified atom stereocenters. The second-order valence-electron chi connectivity index (χ2n) is 4.82. The maximum absolute atomic E-state index is 5.83. The third-order valence-electron chi connectivity index (χ3n) is 3.34. The summed E-state index contributed by atoms with van der Waals surface area (Å²) < 4.78 is 5.83. The highest BCUT2D eigenvalue weighted by molar-refractivity contribution is 6.08. The van der Waals surface area contributed by atoms with E-state index in [0.29, 0.717) is 6.10 Å². The number of ether oxygens (including phenoxy) is 1. The lowest BCUT2D eigenvalue weighted by atomic mass is 9.75. The Kier molecular flexibility index (Phi) is 4.31. The highest BCUT2D eigenvalue weighted by Gasteiger charge is 2.30. The van der Waals surface area contributed by atoms with Gasteiger partial charge in [-0.1, -0.05) is 27.2 Å². The molecule has 0 aromatic heterocycles. The summed E-state index contributed by atoms with van der Waals surface area (Å²) in [6, 6.07) is 0. The molecular formula is C11H23BO. The Bertz CT molecular complexity index is 147. The number of rotatable bonds is 3. The van der Waals surface area contributed by atoms with Crippen molar-refractivity contribution in [2.45, 2.75) is 46.1 Å². The predicted octanol–water partition coefficient (Wildman–Crippen LogP) is 2.05. The van der Waals surface area contributed by atoms with Crippen molar-refractivity contribution in [1.82, 2.24) is 0 Å². The fourth-order valence-electron chi connectivity index (χ4n) is 2.52. The van der Waals surface area contributed by atoms with E-state index in [1.165, 1.54) is 19.3 Å². The van der Waals surface area contributed by atoms with Gasteiger partial charge in [-0.2, -0.15) is 0 Å². The summed E-state index contributed by atoms with van der Waals surface area (Å²) >= 11 is 0. The van der Waals surface area contributed by atoms with Gasteiger partial charge in [0.1, 0.15) is 7.85 Å². The van der Waals surface area contributed by atoms with Gasteiger partial charge in [0.25, 0.3) is 0 Å². The number of hydrogen-bond acceptors (Lipinski definition) is 1. The first kappa shape index (κ1) is 11.1. The second-order valence-corrected chi connectivity index (χ2v) is 4.82. The van der Waals surface area contributed by atoms with Crippen LogP contribution < -0.4 is 0 Å². The molecule has 0 heterocycles. The first-order chi connectivity index (χ1) is 6.15. The van der Waals surface area contributed by atoms with E-state index >= 15 is 0 Å².